The van der Waals surface area contributed by atoms with Gasteiger partial charge in [0, 0.05) is 11.1 Å². The van der Waals surface area contributed by atoms with Gasteiger partial charge in [-0.25, -0.2) is 8.42 Å². The lowest BCUT2D eigenvalue weighted by Gasteiger charge is -2.26. The molecule has 1 aromatic carbocycles. The van der Waals surface area contributed by atoms with Crippen LogP contribution < -0.4 is 0 Å². The second-order valence-electron chi connectivity index (χ2n) is 4.86. The van der Waals surface area contributed by atoms with Gasteiger partial charge in [0.2, 0.25) is 10.0 Å². The summed E-state index contributed by atoms with van der Waals surface area (Å²) in [5.41, 5.74) is -1.39. The summed E-state index contributed by atoms with van der Waals surface area (Å²) in [6.45, 7) is 2.17. The van der Waals surface area contributed by atoms with Crippen molar-refractivity contribution in [2.75, 3.05) is 13.7 Å². The highest BCUT2D eigenvalue weighted by molar-refractivity contribution is 7.89. The largest absolute Gasteiger partial charge is 0.468 e. The van der Waals surface area contributed by atoms with Gasteiger partial charge in [0.05, 0.1) is 17.6 Å². The van der Waals surface area contributed by atoms with Gasteiger partial charge in [-0.3, -0.25) is 4.79 Å². The van der Waals surface area contributed by atoms with Crippen LogP contribution >= 0.6 is 11.6 Å². The molecule has 0 bridgehead atoms. The maximum absolute atomic E-state index is 13.1. The molecule has 0 radical (unpaired) electrons. The predicted octanol–water partition coefficient (Wildman–Crippen LogP) is 2.93. The third-order valence-corrected chi connectivity index (χ3v) is 5.24. The molecule has 0 saturated carbocycles. The van der Waals surface area contributed by atoms with Crippen LogP contribution in [0.2, 0.25) is 5.02 Å². The summed E-state index contributed by atoms with van der Waals surface area (Å²) in [5.74, 6) is -0.884. The zero-order chi connectivity index (χ0) is 18.0. The fourth-order valence-corrected chi connectivity index (χ4v) is 3.76. The molecule has 1 aromatic rings. The van der Waals surface area contributed by atoms with Crippen LogP contribution in [0.5, 0.6) is 0 Å². The minimum atomic E-state index is -4.92. The van der Waals surface area contributed by atoms with Crippen molar-refractivity contribution in [3.63, 3.8) is 0 Å². The fraction of sp³-hybridized carbons (Fsp3) is 0.462. The van der Waals surface area contributed by atoms with Crippen LogP contribution in [0.1, 0.15) is 19.4 Å². The third kappa shape index (κ3) is 4.58. The quantitative estimate of drug-likeness (QED) is 0.744. The van der Waals surface area contributed by atoms with Crippen LogP contribution in [0.3, 0.4) is 0 Å². The first kappa shape index (κ1) is 19.7. The SMILES string of the molecule is COC(=O)CN(C(C)C)S(=O)(=O)c1ccc(Cl)cc1C(F)(F)F. The van der Waals surface area contributed by atoms with Crippen LogP contribution in [0.25, 0.3) is 0 Å². The van der Waals surface area contributed by atoms with E-state index in [9.17, 15) is 26.4 Å². The second-order valence-corrected chi connectivity index (χ2v) is 7.15. The number of nitrogens with zero attached hydrogens (tertiary/aromatic N) is 1. The Labute approximate surface area is 137 Å². The number of alkyl halides is 3. The molecule has 0 atom stereocenters. The predicted molar refractivity (Wildman–Crippen MR) is 77.5 cm³/mol. The van der Waals surface area contributed by atoms with Crippen molar-refractivity contribution < 1.29 is 31.1 Å². The zero-order valence-electron chi connectivity index (χ0n) is 12.5. The fourth-order valence-electron chi connectivity index (χ4n) is 1.81. The van der Waals surface area contributed by atoms with Crippen molar-refractivity contribution in [3.05, 3.63) is 28.8 Å². The molecule has 130 valence electrons. The van der Waals surface area contributed by atoms with Crippen molar-refractivity contribution >= 4 is 27.6 Å². The molecule has 0 saturated heterocycles. The molecule has 0 unspecified atom stereocenters. The van der Waals surface area contributed by atoms with E-state index in [1.165, 1.54) is 13.8 Å². The van der Waals surface area contributed by atoms with E-state index in [0.717, 1.165) is 19.2 Å². The summed E-state index contributed by atoms with van der Waals surface area (Å²) in [4.78, 5) is 10.4. The van der Waals surface area contributed by atoms with E-state index >= 15 is 0 Å². The summed E-state index contributed by atoms with van der Waals surface area (Å²) in [6, 6.07) is 1.59. The van der Waals surface area contributed by atoms with E-state index < -0.39 is 45.2 Å². The highest BCUT2D eigenvalue weighted by Crippen LogP contribution is 2.37. The Balaban J connectivity index is 3.50. The molecule has 0 N–H and O–H groups in total. The zero-order valence-corrected chi connectivity index (χ0v) is 14.1. The molecular formula is C13H15ClF3NO4S. The Morgan fingerprint density at radius 1 is 1.35 bits per heavy atom. The number of methoxy groups -OCH3 is 1. The molecule has 0 spiro atoms. The minimum Gasteiger partial charge on any atom is -0.468 e. The molecule has 10 heteroatoms. The van der Waals surface area contributed by atoms with Crippen LogP contribution in [0.15, 0.2) is 23.1 Å². The average Bonchev–Trinajstić information content (AvgIpc) is 2.42. The van der Waals surface area contributed by atoms with Gasteiger partial charge in [0.1, 0.15) is 6.54 Å². The Hall–Kier alpha value is -1.32. The van der Waals surface area contributed by atoms with Crippen molar-refractivity contribution in [2.24, 2.45) is 0 Å². The molecule has 0 aliphatic rings. The lowest BCUT2D eigenvalue weighted by Crippen LogP contribution is -2.41. The van der Waals surface area contributed by atoms with Crippen LogP contribution in [-0.2, 0) is 25.7 Å². The number of esters is 1. The van der Waals surface area contributed by atoms with Gasteiger partial charge in [-0.15, -0.1) is 0 Å². The van der Waals surface area contributed by atoms with Gasteiger partial charge in [-0.1, -0.05) is 11.6 Å². The highest BCUT2D eigenvalue weighted by atomic mass is 35.5. The van der Waals surface area contributed by atoms with Crippen molar-refractivity contribution in [3.8, 4) is 0 Å². The smallest absolute Gasteiger partial charge is 0.417 e. The van der Waals surface area contributed by atoms with E-state index in [0.29, 0.717) is 10.4 Å². The van der Waals surface area contributed by atoms with Crippen LogP contribution in [0, 0.1) is 0 Å². The first-order valence-corrected chi connectivity index (χ1v) is 8.18. The molecular weight excluding hydrogens is 359 g/mol. The summed E-state index contributed by atoms with van der Waals surface area (Å²) in [7, 11) is -3.53. The lowest BCUT2D eigenvalue weighted by atomic mass is 10.2. The van der Waals surface area contributed by atoms with E-state index in [2.05, 4.69) is 4.74 Å². The van der Waals surface area contributed by atoms with Crippen molar-refractivity contribution in [1.29, 1.82) is 0 Å². The number of benzene rings is 1. The molecule has 1 rings (SSSR count). The van der Waals surface area contributed by atoms with Gasteiger partial charge in [0.15, 0.2) is 0 Å². The summed E-state index contributed by atoms with van der Waals surface area (Å²) in [5, 5.41) is -0.250. The lowest BCUT2D eigenvalue weighted by molar-refractivity contribution is -0.141. The van der Waals surface area contributed by atoms with Gasteiger partial charge in [-0.05, 0) is 32.0 Å². The summed E-state index contributed by atoms with van der Waals surface area (Å²) < 4.78 is 69.5. The molecule has 23 heavy (non-hydrogen) atoms. The highest BCUT2D eigenvalue weighted by Gasteiger charge is 2.40. The molecule has 0 fully saturated rings. The van der Waals surface area contributed by atoms with Gasteiger partial charge in [0.25, 0.3) is 0 Å². The number of rotatable bonds is 5. The number of hydrogen-bond acceptors (Lipinski definition) is 4. The van der Waals surface area contributed by atoms with Crippen LogP contribution in [-0.4, -0.2) is 38.4 Å². The van der Waals surface area contributed by atoms with Gasteiger partial charge < -0.3 is 4.74 Å². The third-order valence-electron chi connectivity index (χ3n) is 2.92. The number of carbonyl (C=O) groups is 1. The molecule has 0 aliphatic carbocycles. The number of sulfonamides is 1. The number of ether oxygens (including phenoxy) is 1. The monoisotopic (exact) mass is 373 g/mol. The minimum absolute atomic E-state index is 0.250. The standard InChI is InChI=1S/C13H15ClF3NO4S/c1-8(2)18(7-12(19)22-3)23(20,21)11-5-4-9(14)6-10(11)13(15,16)17/h4-6,8H,7H2,1-3H3. The number of carbonyl (C=O) groups excluding carboxylic acids is 1. The molecule has 0 heterocycles. The first-order chi connectivity index (χ1) is 10.4. The number of halogens is 4. The van der Waals surface area contributed by atoms with Crippen molar-refractivity contribution in [2.45, 2.75) is 31.0 Å². The second kappa shape index (κ2) is 7.06. The molecule has 5 nitrogen and oxygen atoms in total. The molecule has 0 aromatic heterocycles. The summed E-state index contributed by atoms with van der Waals surface area (Å²) >= 11 is 5.54. The van der Waals surface area contributed by atoms with Gasteiger partial charge in [-0.2, -0.15) is 17.5 Å². The van der Waals surface area contributed by atoms with Gasteiger partial charge >= 0.3 is 12.1 Å². The maximum atomic E-state index is 13.1. The Morgan fingerprint density at radius 2 is 1.91 bits per heavy atom. The normalized spacial score (nSPS) is 12.7. The number of hydrogen-bond donors (Lipinski definition) is 0. The first-order valence-electron chi connectivity index (χ1n) is 6.36. The van der Waals surface area contributed by atoms with Crippen LogP contribution in [0.4, 0.5) is 13.2 Å². The van der Waals surface area contributed by atoms with E-state index in [1.807, 2.05) is 0 Å². The molecule has 0 aliphatic heterocycles. The summed E-state index contributed by atoms with van der Waals surface area (Å²) in [6.07, 6.45) is -4.92. The van der Waals surface area contributed by atoms with E-state index in [1.54, 1.807) is 0 Å². The van der Waals surface area contributed by atoms with E-state index in [4.69, 9.17) is 11.6 Å². The Kier molecular flexibility index (Phi) is 6.06. The Morgan fingerprint density at radius 3 is 2.35 bits per heavy atom. The van der Waals surface area contributed by atoms with E-state index in [-0.39, 0.29) is 5.02 Å². The molecule has 0 amide bonds. The Bertz CT molecular complexity index is 689. The van der Waals surface area contributed by atoms with Crippen molar-refractivity contribution in [1.82, 2.24) is 4.31 Å². The average molecular weight is 374 g/mol. The maximum Gasteiger partial charge on any atom is 0.417 e. The topological polar surface area (TPSA) is 63.7 Å².